The Labute approximate surface area is 176 Å². The molecule has 0 aromatic carbocycles. The molecule has 146 valence electrons. The van der Waals surface area contributed by atoms with Crippen LogP contribution in [0, 0.1) is 6.92 Å². The second-order valence-electron chi connectivity index (χ2n) is 6.17. The third kappa shape index (κ3) is 5.66. The Kier molecular flexibility index (Phi) is 9.19. The fourth-order valence-corrected chi connectivity index (χ4v) is 3.84. The van der Waals surface area contributed by atoms with Gasteiger partial charge in [-0.3, -0.25) is 9.78 Å². The predicted molar refractivity (Wildman–Crippen MR) is 118 cm³/mol. The highest BCUT2D eigenvalue weighted by molar-refractivity contribution is 7.15. The molecule has 0 saturated heterocycles. The number of aromatic amines is 1. The van der Waals surface area contributed by atoms with E-state index in [1.54, 1.807) is 17.5 Å². The van der Waals surface area contributed by atoms with E-state index < -0.39 is 0 Å². The Balaban J connectivity index is 0.00000182. The molecule has 0 spiro atoms. The van der Waals surface area contributed by atoms with E-state index in [0.717, 1.165) is 29.8 Å². The Bertz CT molecular complexity index is 909. The minimum atomic E-state index is 0. The zero-order chi connectivity index (χ0) is 17.8. The minimum Gasteiger partial charge on any atom is -0.326 e. The lowest BCUT2D eigenvalue weighted by atomic mass is 10.1. The summed E-state index contributed by atoms with van der Waals surface area (Å²) in [6, 6.07) is 10.6. The fraction of sp³-hybridized carbons (Fsp3) is 0.300. The first-order valence-electron chi connectivity index (χ1n) is 8.53. The monoisotopic (exact) mass is 425 g/mol. The lowest BCUT2D eigenvalue weighted by Gasteiger charge is -2.12. The van der Waals surface area contributed by atoms with Crippen LogP contribution < -0.4 is 10.9 Å². The van der Waals surface area contributed by atoms with E-state index in [4.69, 9.17) is 0 Å². The Morgan fingerprint density at radius 2 is 2.04 bits per heavy atom. The number of nitrogens with zero attached hydrogens (tertiary/aromatic N) is 1. The number of H-pyrrole nitrogens is 1. The topological polar surface area (TPSA) is 57.8 Å². The van der Waals surface area contributed by atoms with Gasteiger partial charge in [0.2, 0.25) is 0 Å². The number of aryl methyl sites for hydroxylation is 2. The molecule has 1 unspecified atom stereocenters. The van der Waals surface area contributed by atoms with Gasteiger partial charge in [-0.25, -0.2) is 0 Å². The van der Waals surface area contributed by atoms with Crippen LogP contribution in [0.2, 0.25) is 0 Å². The van der Waals surface area contributed by atoms with Crippen molar-refractivity contribution >= 4 is 36.2 Å². The van der Waals surface area contributed by atoms with Gasteiger partial charge in [-0.15, -0.1) is 36.2 Å². The Hall–Kier alpha value is -1.66. The van der Waals surface area contributed by atoms with Crippen LogP contribution in [0.4, 0.5) is 0 Å². The smallest absolute Gasteiger partial charge is 0.251 e. The number of nitrogens with one attached hydrogen (secondary N) is 2. The van der Waals surface area contributed by atoms with E-state index in [2.05, 4.69) is 40.4 Å². The minimum absolute atomic E-state index is 0. The molecule has 3 rings (SSSR count). The van der Waals surface area contributed by atoms with Crippen molar-refractivity contribution in [2.75, 3.05) is 0 Å². The van der Waals surface area contributed by atoms with Crippen LogP contribution in [0.25, 0.3) is 10.4 Å². The number of hydrogen-bond acceptors (Lipinski definition) is 4. The quantitative estimate of drug-likeness (QED) is 0.579. The van der Waals surface area contributed by atoms with Crippen molar-refractivity contribution in [2.24, 2.45) is 0 Å². The lowest BCUT2D eigenvalue weighted by Crippen LogP contribution is -2.17. The van der Waals surface area contributed by atoms with Crippen LogP contribution in [0.1, 0.15) is 41.6 Å². The van der Waals surface area contributed by atoms with Crippen LogP contribution in [-0.2, 0) is 13.0 Å². The molecule has 3 aromatic rings. The van der Waals surface area contributed by atoms with Gasteiger partial charge in [0.15, 0.2) is 0 Å². The summed E-state index contributed by atoms with van der Waals surface area (Å²) < 4.78 is 0. The Morgan fingerprint density at radius 1 is 1.26 bits per heavy atom. The van der Waals surface area contributed by atoms with Gasteiger partial charge < -0.3 is 10.3 Å². The summed E-state index contributed by atoms with van der Waals surface area (Å²) in [5.74, 6) is 0. The summed E-state index contributed by atoms with van der Waals surface area (Å²) in [6.07, 6.45) is 4.43. The number of aromatic nitrogens is 2. The molecule has 3 aromatic heterocycles. The summed E-state index contributed by atoms with van der Waals surface area (Å²) in [7, 11) is 0. The standard InChI is InChI=1S/C20H23N3OS.2ClH/c1-4-15-10-18(14(3)23-20(15)24)19-8-7-17(25-19)12-22-13(2)16-6-5-9-21-11-16;;/h5-11,13,22H,4,12H2,1-3H3,(H,23,24);2*1H. The van der Waals surface area contributed by atoms with Gasteiger partial charge in [-0.1, -0.05) is 13.0 Å². The maximum atomic E-state index is 11.9. The molecule has 7 heteroatoms. The summed E-state index contributed by atoms with van der Waals surface area (Å²) >= 11 is 1.76. The highest BCUT2D eigenvalue weighted by atomic mass is 35.5. The van der Waals surface area contributed by atoms with E-state index in [-0.39, 0.29) is 36.4 Å². The molecule has 27 heavy (non-hydrogen) atoms. The molecular weight excluding hydrogens is 401 g/mol. The van der Waals surface area contributed by atoms with Crippen LogP contribution in [0.5, 0.6) is 0 Å². The van der Waals surface area contributed by atoms with Crippen LogP contribution >= 0.6 is 36.2 Å². The van der Waals surface area contributed by atoms with Crippen molar-refractivity contribution in [1.82, 2.24) is 15.3 Å². The zero-order valence-corrected chi connectivity index (χ0v) is 18.1. The molecular formula is C20H25Cl2N3OS. The summed E-state index contributed by atoms with van der Waals surface area (Å²) in [6.45, 7) is 6.92. The molecule has 0 saturated carbocycles. The van der Waals surface area contributed by atoms with Gasteiger partial charge in [0, 0.05) is 51.6 Å². The molecule has 0 radical (unpaired) electrons. The van der Waals surface area contributed by atoms with E-state index >= 15 is 0 Å². The largest absolute Gasteiger partial charge is 0.326 e. The van der Waals surface area contributed by atoms with E-state index in [1.165, 1.54) is 15.3 Å². The van der Waals surface area contributed by atoms with Crippen LogP contribution in [-0.4, -0.2) is 9.97 Å². The highest BCUT2D eigenvalue weighted by Gasteiger charge is 2.10. The summed E-state index contributed by atoms with van der Waals surface area (Å²) in [4.78, 5) is 21.5. The molecule has 0 bridgehead atoms. The van der Waals surface area contributed by atoms with Crippen molar-refractivity contribution in [3.63, 3.8) is 0 Å². The molecule has 3 heterocycles. The van der Waals surface area contributed by atoms with Gasteiger partial charge in [-0.2, -0.15) is 0 Å². The molecule has 0 amide bonds. The van der Waals surface area contributed by atoms with Crippen LogP contribution in [0.3, 0.4) is 0 Å². The molecule has 0 aliphatic rings. The predicted octanol–water partition coefficient (Wildman–Crippen LogP) is 5.06. The van der Waals surface area contributed by atoms with Gasteiger partial charge in [0.25, 0.3) is 5.56 Å². The van der Waals surface area contributed by atoms with Crippen molar-refractivity contribution in [2.45, 2.75) is 39.8 Å². The third-order valence-corrected chi connectivity index (χ3v) is 5.51. The number of hydrogen-bond donors (Lipinski definition) is 2. The maximum absolute atomic E-state index is 11.9. The van der Waals surface area contributed by atoms with E-state index in [0.29, 0.717) is 0 Å². The fourth-order valence-electron chi connectivity index (χ4n) is 2.81. The van der Waals surface area contributed by atoms with Crippen LogP contribution in [0.15, 0.2) is 47.5 Å². The van der Waals surface area contributed by atoms with E-state index in [1.807, 2.05) is 32.2 Å². The van der Waals surface area contributed by atoms with Crippen molar-refractivity contribution in [3.05, 3.63) is 74.8 Å². The molecule has 4 nitrogen and oxygen atoms in total. The second-order valence-corrected chi connectivity index (χ2v) is 7.34. The average Bonchev–Trinajstić information content (AvgIpc) is 3.09. The number of thiophene rings is 1. The number of rotatable bonds is 6. The van der Waals surface area contributed by atoms with Crippen molar-refractivity contribution < 1.29 is 0 Å². The molecule has 2 N–H and O–H groups in total. The number of pyridine rings is 2. The normalized spacial score (nSPS) is 11.4. The van der Waals surface area contributed by atoms with E-state index in [9.17, 15) is 4.79 Å². The SMILES string of the molecule is CCc1cc(-c2ccc(CNC(C)c3cccnc3)s2)c(C)[nH]c1=O.Cl.Cl. The zero-order valence-electron chi connectivity index (χ0n) is 15.6. The number of halogens is 2. The third-order valence-electron chi connectivity index (χ3n) is 4.39. The Morgan fingerprint density at radius 3 is 2.70 bits per heavy atom. The van der Waals surface area contributed by atoms with Gasteiger partial charge in [0.05, 0.1) is 0 Å². The summed E-state index contributed by atoms with van der Waals surface area (Å²) in [5, 5.41) is 3.54. The lowest BCUT2D eigenvalue weighted by molar-refractivity contribution is 0.577. The molecule has 0 aliphatic carbocycles. The maximum Gasteiger partial charge on any atom is 0.251 e. The molecule has 1 atom stereocenters. The first-order valence-corrected chi connectivity index (χ1v) is 9.35. The highest BCUT2D eigenvalue weighted by Crippen LogP contribution is 2.30. The average molecular weight is 426 g/mol. The molecule has 0 fully saturated rings. The molecule has 0 aliphatic heterocycles. The second kappa shape index (κ2) is 10.6. The van der Waals surface area contributed by atoms with Gasteiger partial charge >= 0.3 is 0 Å². The van der Waals surface area contributed by atoms with Crippen molar-refractivity contribution in [1.29, 1.82) is 0 Å². The van der Waals surface area contributed by atoms with Gasteiger partial charge in [-0.05, 0) is 50.1 Å². The van der Waals surface area contributed by atoms with Gasteiger partial charge in [0.1, 0.15) is 0 Å². The first kappa shape index (κ1) is 23.4. The van der Waals surface area contributed by atoms with Crippen molar-refractivity contribution in [3.8, 4) is 10.4 Å². The summed E-state index contributed by atoms with van der Waals surface area (Å²) in [5.41, 5.74) is 4.08. The first-order chi connectivity index (χ1) is 12.1.